The Morgan fingerprint density at radius 3 is 2.10 bits per heavy atom. The van der Waals surface area contributed by atoms with Gasteiger partial charge >= 0.3 is 0 Å². The second-order valence-electron chi connectivity index (χ2n) is 5.93. The molecule has 0 saturated carbocycles. The van der Waals surface area contributed by atoms with E-state index < -0.39 is 0 Å². The van der Waals surface area contributed by atoms with Crippen molar-refractivity contribution in [1.82, 2.24) is 0 Å². The molecule has 0 unspecified atom stereocenters. The van der Waals surface area contributed by atoms with Crippen molar-refractivity contribution < 1.29 is 0 Å². The van der Waals surface area contributed by atoms with Crippen LogP contribution in [0, 0.1) is 6.92 Å². The van der Waals surface area contributed by atoms with E-state index in [2.05, 4.69) is 69.8 Å². The predicted molar refractivity (Wildman–Crippen MR) is 93.7 cm³/mol. The van der Waals surface area contributed by atoms with Crippen molar-refractivity contribution in [3.63, 3.8) is 0 Å². The number of aryl methyl sites for hydroxylation is 3. The van der Waals surface area contributed by atoms with Gasteiger partial charge in [0.15, 0.2) is 0 Å². The smallest absolute Gasteiger partial charge is 0.0233 e. The zero-order valence-corrected chi connectivity index (χ0v) is 13.6. The molecule has 0 heteroatoms. The van der Waals surface area contributed by atoms with Gasteiger partial charge in [0.25, 0.3) is 0 Å². The Hall–Kier alpha value is -1.82. The van der Waals surface area contributed by atoms with Gasteiger partial charge < -0.3 is 0 Å². The van der Waals surface area contributed by atoms with Crippen LogP contribution in [0.1, 0.15) is 48.1 Å². The number of allylic oxidation sites excluding steroid dienone is 1. The predicted octanol–water partition coefficient (Wildman–Crippen LogP) is 5.77. The van der Waals surface area contributed by atoms with Crippen LogP contribution in [0.4, 0.5) is 0 Å². The molecule has 0 aliphatic heterocycles. The molecule has 0 aliphatic rings. The molecule has 110 valence electrons. The number of hydrogen-bond acceptors (Lipinski definition) is 0. The van der Waals surface area contributed by atoms with E-state index in [9.17, 15) is 0 Å². The highest BCUT2D eigenvalue weighted by Gasteiger charge is 2.04. The van der Waals surface area contributed by atoms with E-state index in [1.165, 1.54) is 40.7 Å². The Bertz CT molecular complexity index is 602. The third-order valence-electron chi connectivity index (χ3n) is 4.21. The summed E-state index contributed by atoms with van der Waals surface area (Å²) in [5.74, 6) is 0. The highest BCUT2D eigenvalue weighted by molar-refractivity contribution is 5.61. The summed E-state index contributed by atoms with van der Waals surface area (Å²) in [5, 5.41) is 0. The van der Waals surface area contributed by atoms with Gasteiger partial charge in [-0.25, -0.2) is 0 Å². The molecule has 0 saturated heterocycles. The summed E-state index contributed by atoms with van der Waals surface area (Å²) in [4.78, 5) is 0. The molecule has 21 heavy (non-hydrogen) atoms. The maximum absolute atomic E-state index is 3.99. The second-order valence-corrected chi connectivity index (χ2v) is 5.93. The molecule has 2 rings (SSSR count). The van der Waals surface area contributed by atoms with Crippen LogP contribution in [0.3, 0.4) is 0 Å². The molecule has 2 aromatic rings. The van der Waals surface area contributed by atoms with Crippen LogP contribution in [0.25, 0.3) is 5.57 Å². The third kappa shape index (κ3) is 4.07. The summed E-state index contributed by atoms with van der Waals surface area (Å²) in [6.07, 6.45) is 4.63. The standard InChI is InChI=1S/C21H26/c1-5-7-20-8-6-9-21(17(20)4)15-12-18-10-13-19(14-11-18)16(2)3/h6,8-11,13-14H,2,5,7,12,15H2,1,3-4H3. The van der Waals surface area contributed by atoms with Gasteiger partial charge in [-0.2, -0.15) is 0 Å². The average molecular weight is 278 g/mol. The molecule has 0 heterocycles. The molecule has 2 aromatic carbocycles. The molecule has 0 aromatic heterocycles. The van der Waals surface area contributed by atoms with Crippen LogP contribution < -0.4 is 0 Å². The fourth-order valence-corrected chi connectivity index (χ4v) is 2.78. The van der Waals surface area contributed by atoms with Gasteiger partial charge in [0.05, 0.1) is 0 Å². The summed E-state index contributed by atoms with van der Waals surface area (Å²) >= 11 is 0. The lowest BCUT2D eigenvalue weighted by Gasteiger charge is -2.11. The molecule has 0 bridgehead atoms. The maximum atomic E-state index is 3.99. The fourth-order valence-electron chi connectivity index (χ4n) is 2.78. The van der Waals surface area contributed by atoms with Crippen LogP contribution >= 0.6 is 0 Å². The van der Waals surface area contributed by atoms with Crippen molar-refractivity contribution in [2.75, 3.05) is 0 Å². The first kappa shape index (κ1) is 15.6. The molecule has 0 N–H and O–H groups in total. The minimum absolute atomic E-state index is 1.10. The van der Waals surface area contributed by atoms with E-state index in [-0.39, 0.29) is 0 Å². The third-order valence-corrected chi connectivity index (χ3v) is 4.21. The zero-order chi connectivity index (χ0) is 15.2. The highest BCUT2D eigenvalue weighted by Crippen LogP contribution is 2.18. The van der Waals surface area contributed by atoms with Gasteiger partial charge in [-0.15, -0.1) is 0 Å². The Morgan fingerprint density at radius 2 is 1.52 bits per heavy atom. The molecule has 0 amide bonds. The molecule has 0 spiro atoms. The van der Waals surface area contributed by atoms with E-state index >= 15 is 0 Å². The normalized spacial score (nSPS) is 10.6. The molecule has 0 fully saturated rings. The van der Waals surface area contributed by atoms with Gasteiger partial charge in [-0.3, -0.25) is 0 Å². The van der Waals surface area contributed by atoms with Crippen LogP contribution in [0.15, 0.2) is 49.0 Å². The number of benzene rings is 2. The molecule has 0 nitrogen and oxygen atoms in total. The van der Waals surface area contributed by atoms with Crippen molar-refractivity contribution in [2.24, 2.45) is 0 Å². The topological polar surface area (TPSA) is 0 Å². The van der Waals surface area contributed by atoms with E-state index in [0.717, 1.165) is 18.4 Å². The zero-order valence-electron chi connectivity index (χ0n) is 13.6. The Balaban J connectivity index is 2.06. The van der Waals surface area contributed by atoms with Gasteiger partial charge in [0.2, 0.25) is 0 Å². The number of rotatable bonds is 6. The van der Waals surface area contributed by atoms with Crippen molar-refractivity contribution >= 4 is 5.57 Å². The first-order chi connectivity index (χ1) is 10.1. The lowest BCUT2D eigenvalue weighted by Crippen LogP contribution is -1.98. The fraction of sp³-hybridized carbons (Fsp3) is 0.333. The van der Waals surface area contributed by atoms with E-state index in [1.807, 2.05) is 0 Å². The monoisotopic (exact) mass is 278 g/mol. The number of hydrogen-bond donors (Lipinski definition) is 0. The van der Waals surface area contributed by atoms with E-state index in [4.69, 9.17) is 0 Å². The quantitative estimate of drug-likeness (QED) is 0.629. The lowest BCUT2D eigenvalue weighted by molar-refractivity contribution is 0.892. The van der Waals surface area contributed by atoms with Crippen molar-refractivity contribution in [3.05, 3.63) is 76.9 Å². The summed E-state index contributed by atoms with van der Waals surface area (Å²) in [5.41, 5.74) is 8.25. The molecular weight excluding hydrogens is 252 g/mol. The first-order valence-corrected chi connectivity index (χ1v) is 7.94. The average Bonchev–Trinajstić information content (AvgIpc) is 2.49. The SMILES string of the molecule is C=C(C)c1ccc(CCc2cccc(CCC)c2C)cc1. The lowest BCUT2D eigenvalue weighted by atomic mass is 9.94. The molecule has 0 radical (unpaired) electrons. The Morgan fingerprint density at radius 1 is 0.905 bits per heavy atom. The van der Waals surface area contributed by atoms with Crippen LogP contribution in [0.5, 0.6) is 0 Å². The van der Waals surface area contributed by atoms with E-state index in [1.54, 1.807) is 0 Å². The highest BCUT2D eigenvalue weighted by atomic mass is 14.1. The maximum Gasteiger partial charge on any atom is -0.0233 e. The molecule has 0 atom stereocenters. The minimum atomic E-state index is 1.10. The van der Waals surface area contributed by atoms with Crippen LogP contribution in [0.2, 0.25) is 0 Å². The summed E-state index contributed by atoms with van der Waals surface area (Å²) in [7, 11) is 0. The Kier molecular flexibility index (Phi) is 5.38. The summed E-state index contributed by atoms with van der Waals surface area (Å²) in [6, 6.07) is 15.6. The van der Waals surface area contributed by atoms with Crippen molar-refractivity contribution in [2.45, 2.75) is 46.5 Å². The molecule has 0 aliphatic carbocycles. The minimum Gasteiger partial charge on any atom is -0.0955 e. The van der Waals surface area contributed by atoms with Gasteiger partial charge in [0.1, 0.15) is 0 Å². The molecular formula is C21H26. The van der Waals surface area contributed by atoms with Gasteiger partial charge in [0, 0.05) is 0 Å². The van der Waals surface area contributed by atoms with Gasteiger partial charge in [-0.05, 0) is 60.9 Å². The summed E-state index contributed by atoms with van der Waals surface area (Å²) in [6.45, 7) is 10.6. The van der Waals surface area contributed by atoms with Crippen LogP contribution in [-0.2, 0) is 19.3 Å². The first-order valence-electron chi connectivity index (χ1n) is 7.94. The summed E-state index contributed by atoms with van der Waals surface area (Å²) < 4.78 is 0. The largest absolute Gasteiger partial charge is 0.0955 e. The van der Waals surface area contributed by atoms with Crippen molar-refractivity contribution in [3.8, 4) is 0 Å². The van der Waals surface area contributed by atoms with Crippen LogP contribution in [-0.4, -0.2) is 0 Å². The Labute approximate surface area is 129 Å². The van der Waals surface area contributed by atoms with Gasteiger partial charge in [-0.1, -0.05) is 68.0 Å². The second kappa shape index (κ2) is 7.26. The van der Waals surface area contributed by atoms with E-state index in [0.29, 0.717) is 0 Å². The van der Waals surface area contributed by atoms with Crippen molar-refractivity contribution in [1.29, 1.82) is 0 Å².